The number of ketones is 1. The van der Waals surface area contributed by atoms with Gasteiger partial charge in [0.05, 0.1) is 11.6 Å². The van der Waals surface area contributed by atoms with Crippen molar-refractivity contribution >= 4 is 27.2 Å². The van der Waals surface area contributed by atoms with Crippen molar-refractivity contribution in [3.05, 3.63) is 95.7 Å². The number of likely N-dealkylation sites (tertiary alicyclic amines) is 1. The van der Waals surface area contributed by atoms with Gasteiger partial charge in [-0.25, -0.2) is 0 Å². The van der Waals surface area contributed by atoms with Crippen LogP contribution in [-0.4, -0.2) is 73.2 Å². The molecule has 9 heteroatoms. The van der Waals surface area contributed by atoms with Crippen LogP contribution in [0.5, 0.6) is 17.4 Å². The molecule has 0 unspecified atom stereocenters. The zero-order chi connectivity index (χ0) is 32.9. The molecule has 7 rings (SSSR count). The SMILES string of the molecule is CN(C)[C@@H]1CCCC[C@H]1Oc1cc(C(=O)c2c(-c3ccc(OCCN4CCCC4)cc3)sc3cc(OCc4ccccc4)ccc23)on1. The molecule has 8 nitrogen and oxygen atoms in total. The number of likely N-dealkylation sites (N-methyl/N-ethyl adjacent to an activating group) is 1. The molecular weight excluding hydrogens is 623 g/mol. The van der Waals surface area contributed by atoms with Crippen molar-refractivity contribution in [2.75, 3.05) is 40.3 Å². The number of fused-ring (bicyclic) bond motifs is 1. The third kappa shape index (κ3) is 7.43. The van der Waals surface area contributed by atoms with Gasteiger partial charge in [-0.3, -0.25) is 9.69 Å². The van der Waals surface area contributed by atoms with Gasteiger partial charge in [0.15, 0.2) is 0 Å². The molecule has 0 spiro atoms. The number of carbonyl (C=O) groups excluding carboxylic acids is 1. The molecule has 0 bridgehead atoms. The molecule has 5 aromatic rings. The van der Waals surface area contributed by atoms with Crippen molar-refractivity contribution in [2.24, 2.45) is 0 Å². The first kappa shape index (κ1) is 32.4. The van der Waals surface area contributed by atoms with E-state index in [1.54, 1.807) is 17.4 Å². The number of hydrogen-bond donors (Lipinski definition) is 0. The summed E-state index contributed by atoms with van der Waals surface area (Å²) in [6.45, 7) is 4.36. The Bertz CT molecular complexity index is 1810. The lowest BCUT2D eigenvalue weighted by atomic mass is 9.92. The smallest absolute Gasteiger partial charge is 0.255 e. The molecule has 2 aliphatic rings. The van der Waals surface area contributed by atoms with Crippen LogP contribution in [0.25, 0.3) is 20.5 Å². The summed E-state index contributed by atoms with van der Waals surface area (Å²) in [5, 5.41) is 5.02. The lowest BCUT2D eigenvalue weighted by Gasteiger charge is -2.35. The molecule has 0 radical (unpaired) electrons. The van der Waals surface area contributed by atoms with E-state index in [0.29, 0.717) is 30.7 Å². The number of rotatable bonds is 13. The molecule has 0 amide bonds. The molecule has 1 saturated carbocycles. The van der Waals surface area contributed by atoms with Crippen LogP contribution in [0.1, 0.15) is 60.2 Å². The Morgan fingerprint density at radius 2 is 1.69 bits per heavy atom. The van der Waals surface area contributed by atoms with Crippen LogP contribution in [-0.2, 0) is 6.61 Å². The van der Waals surface area contributed by atoms with E-state index >= 15 is 0 Å². The van der Waals surface area contributed by atoms with Crippen LogP contribution in [0.2, 0.25) is 0 Å². The van der Waals surface area contributed by atoms with Gasteiger partial charge in [-0.2, -0.15) is 0 Å². The van der Waals surface area contributed by atoms with Crippen LogP contribution in [0.3, 0.4) is 0 Å². The van der Waals surface area contributed by atoms with E-state index in [0.717, 1.165) is 76.5 Å². The number of carbonyl (C=O) groups is 1. The van der Waals surface area contributed by atoms with E-state index in [9.17, 15) is 4.79 Å². The van der Waals surface area contributed by atoms with E-state index in [2.05, 4.69) is 29.1 Å². The minimum absolute atomic E-state index is 0.00438. The molecule has 2 fully saturated rings. The Labute approximate surface area is 286 Å². The lowest BCUT2D eigenvalue weighted by Crippen LogP contribution is -2.44. The predicted octanol–water partition coefficient (Wildman–Crippen LogP) is 8.09. The summed E-state index contributed by atoms with van der Waals surface area (Å²) in [5.41, 5.74) is 2.61. The first-order valence-corrected chi connectivity index (χ1v) is 17.9. The maximum Gasteiger partial charge on any atom is 0.255 e. The summed E-state index contributed by atoms with van der Waals surface area (Å²) in [5.74, 6) is 1.85. The second-order valence-electron chi connectivity index (χ2n) is 13.0. The van der Waals surface area contributed by atoms with Crippen molar-refractivity contribution in [3.63, 3.8) is 0 Å². The highest BCUT2D eigenvalue weighted by Crippen LogP contribution is 2.42. The highest BCUT2D eigenvalue weighted by atomic mass is 32.1. The van der Waals surface area contributed by atoms with E-state index in [1.807, 2.05) is 72.8 Å². The fourth-order valence-corrected chi connectivity index (χ4v) is 8.08. The van der Waals surface area contributed by atoms with Gasteiger partial charge >= 0.3 is 0 Å². The Morgan fingerprint density at radius 3 is 2.48 bits per heavy atom. The normalized spacial score (nSPS) is 18.4. The van der Waals surface area contributed by atoms with Gasteiger partial charge in [0, 0.05) is 27.5 Å². The molecule has 48 heavy (non-hydrogen) atoms. The van der Waals surface area contributed by atoms with Crippen LogP contribution in [0.15, 0.2) is 83.4 Å². The number of thiophene rings is 1. The Kier molecular flexibility index (Phi) is 10.1. The summed E-state index contributed by atoms with van der Waals surface area (Å²) in [6, 6.07) is 26.0. The molecule has 3 aromatic carbocycles. The van der Waals surface area contributed by atoms with E-state index in [4.69, 9.17) is 18.7 Å². The van der Waals surface area contributed by atoms with Crippen molar-refractivity contribution in [3.8, 4) is 27.8 Å². The van der Waals surface area contributed by atoms with Crippen LogP contribution in [0.4, 0.5) is 0 Å². The van der Waals surface area contributed by atoms with Crippen LogP contribution >= 0.6 is 11.3 Å². The zero-order valence-electron chi connectivity index (χ0n) is 27.7. The fourth-order valence-electron chi connectivity index (χ4n) is 6.84. The van der Waals surface area contributed by atoms with Gasteiger partial charge in [-0.1, -0.05) is 36.8 Å². The number of hydrogen-bond acceptors (Lipinski definition) is 9. The molecule has 2 aromatic heterocycles. The summed E-state index contributed by atoms with van der Waals surface area (Å²) < 4.78 is 25.1. The first-order chi connectivity index (χ1) is 23.5. The highest BCUT2D eigenvalue weighted by molar-refractivity contribution is 7.22. The summed E-state index contributed by atoms with van der Waals surface area (Å²) >= 11 is 1.57. The summed E-state index contributed by atoms with van der Waals surface area (Å²) in [7, 11) is 4.16. The van der Waals surface area contributed by atoms with Crippen molar-refractivity contribution in [1.29, 1.82) is 0 Å². The van der Waals surface area contributed by atoms with Gasteiger partial charge in [0.2, 0.25) is 11.5 Å². The van der Waals surface area contributed by atoms with Gasteiger partial charge in [0.25, 0.3) is 5.88 Å². The largest absolute Gasteiger partial charge is 0.492 e. The Balaban J connectivity index is 1.15. The highest BCUT2D eigenvalue weighted by Gasteiger charge is 2.30. The van der Waals surface area contributed by atoms with Crippen LogP contribution < -0.4 is 14.2 Å². The molecule has 1 aliphatic carbocycles. The molecule has 250 valence electrons. The molecule has 2 atom stereocenters. The number of benzene rings is 3. The van der Waals surface area contributed by atoms with Gasteiger partial charge in [-0.05, 0) is 118 Å². The van der Waals surface area contributed by atoms with Crippen molar-refractivity contribution in [2.45, 2.75) is 57.3 Å². The standard InChI is InChI=1S/C39H43N3O5S/c1-41(2)32-12-6-7-13-33(32)46-36-25-34(47-40-36)38(43)37-31-19-18-30(45-26-27-10-4-3-5-11-27)24-35(31)48-39(37)28-14-16-29(17-15-28)44-23-22-42-20-8-9-21-42/h3-5,10-11,14-19,24-25,32-33H,6-9,12-13,20-23,26H2,1-2H3/t32-,33-/m1/s1. The number of nitrogens with zero attached hydrogens (tertiary/aromatic N) is 3. The third-order valence-corrected chi connectivity index (χ3v) is 10.6. The molecular formula is C39H43N3O5S. The van der Waals surface area contributed by atoms with Crippen molar-refractivity contribution < 1.29 is 23.5 Å². The van der Waals surface area contributed by atoms with Gasteiger partial charge < -0.3 is 23.6 Å². The maximum atomic E-state index is 14.3. The molecule has 1 aliphatic heterocycles. The first-order valence-electron chi connectivity index (χ1n) is 17.1. The second-order valence-corrected chi connectivity index (χ2v) is 14.0. The average molecular weight is 666 g/mol. The Morgan fingerprint density at radius 1 is 0.917 bits per heavy atom. The van der Waals surface area contributed by atoms with Gasteiger partial charge in [-0.15, -0.1) is 11.3 Å². The number of aromatic nitrogens is 1. The fraction of sp³-hybridized carbons (Fsp3) is 0.385. The summed E-state index contributed by atoms with van der Waals surface area (Å²) in [4.78, 5) is 19.8. The van der Waals surface area contributed by atoms with E-state index in [-0.39, 0.29) is 17.6 Å². The predicted molar refractivity (Wildman–Crippen MR) is 189 cm³/mol. The van der Waals surface area contributed by atoms with Crippen molar-refractivity contribution in [1.82, 2.24) is 15.0 Å². The maximum absolute atomic E-state index is 14.3. The third-order valence-electron chi connectivity index (χ3n) is 9.44. The zero-order valence-corrected chi connectivity index (χ0v) is 28.5. The minimum Gasteiger partial charge on any atom is -0.492 e. The molecule has 0 N–H and O–H groups in total. The quantitative estimate of drug-likeness (QED) is 0.117. The Hall–Kier alpha value is -4.18. The average Bonchev–Trinajstić information content (AvgIpc) is 3.89. The monoisotopic (exact) mass is 665 g/mol. The molecule has 3 heterocycles. The van der Waals surface area contributed by atoms with Crippen LogP contribution in [0, 0.1) is 0 Å². The second kappa shape index (κ2) is 14.9. The minimum atomic E-state index is -0.227. The van der Waals surface area contributed by atoms with Gasteiger partial charge in [0.1, 0.15) is 30.8 Å². The lowest BCUT2D eigenvalue weighted by molar-refractivity contribution is 0.0561. The number of ether oxygens (including phenoxy) is 3. The molecule has 1 saturated heterocycles. The van der Waals surface area contributed by atoms with E-state index < -0.39 is 0 Å². The summed E-state index contributed by atoms with van der Waals surface area (Å²) in [6.07, 6.45) is 6.86. The van der Waals surface area contributed by atoms with E-state index in [1.165, 1.54) is 19.3 Å². The topological polar surface area (TPSA) is 77.3 Å².